The quantitative estimate of drug-likeness (QED) is 0.843. The van der Waals surface area contributed by atoms with Crippen molar-refractivity contribution in [3.05, 3.63) is 45.1 Å². The molecule has 22 heavy (non-hydrogen) atoms. The summed E-state index contributed by atoms with van der Waals surface area (Å²) in [6.45, 7) is 0.757. The van der Waals surface area contributed by atoms with Crippen LogP contribution in [0.1, 0.15) is 22.9 Å². The third-order valence-electron chi connectivity index (χ3n) is 3.32. The molecular formula is C15H14ClNO4S. The zero-order valence-electron chi connectivity index (χ0n) is 11.5. The van der Waals surface area contributed by atoms with E-state index in [4.69, 9.17) is 26.2 Å². The second-order valence-corrected chi connectivity index (χ2v) is 6.31. The maximum atomic E-state index is 11.1. The zero-order chi connectivity index (χ0) is 15.5. The van der Waals surface area contributed by atoms with Crippen LogP contribution in [0.2, 0.25) is 5.02 Å². The average Bonchev–Trinajstić information content (AvgIpc) is 3.10. The second kappa shape index (κ2) is 6.56. The molecule has 0 aliphatic carbocycles. The Labute approximate surface area is 136 Å². The van der Waals surface area contributed by atoms with E-state index in [9.17, 15) is 4.79 Å². The SMILES string of the molecule is O=C(O)C[C@H](NCc1cc(Cl)cs1)c1ccc2c(c1)OCO2. The van der Waals surface area contributed by atoms with Crippen molar-refractivity contribution in [2.45, 2.75) is 19.0 Å². The summed E-state index contributed by atoms with van der Waals surface area (Å²) in [6.07, 6.45) is -0.0151. The van der Waals surface area contributed by atoms with Crippen molar-refractivity contribution in [1.82, 2.24) is 5.32 Å². The number of hydrogen-bond donors (Lipinski definition) is 2. The summed E-state index contributed by atoms with van der Waals surface area (Å²) >= 11 is 7.44. The lowest BCUT2D eigenvalue weighted by Gasteiger charge is -2.17. The topological polar surface area (TPSA) is 67.8 Å². The van der Waals surface area contributed by atoms with Crippen LogP contribution < -0.4 is 14.8 Å². The van der Waals surface area contributed by atoms with Crippen LogP contribution in [-0.2, 0) is 11.3 Å². The van der Waals surface area contributed by atoms with Gasteiger partial charge in [0.05, 0.1) is 11.4 Å². The first-order chi connectivity index (χ1) is 10.6. The Balaban J connectivity index is 1.75. The normalized spacial score (nSPS) is 14.0. The minimum atomic E-state index is -0.862. The van der Waals surface area contributed by atoms with E-state index in [-0.39, 0.29) is 19.3 Å². The summed E-state index contributed by atoms with van der Waals surface area (Å²) in [5.74, 6) is 0.469. The molecule has 1 aromatic heterocycles. The Bertz CT molecular complexity index is 688. The predicted molar refractivity (Wildman–Crippen MR) is 83.7 cm³/mol. The molecule has 0 unspecified atom stereocenters. The molecule has 1 aliphatic heterocycles. The predicted octanol–water partition coefficient (Wildman–Crippen LogP) is 3.44. The number of aliphatic carboxylic acids is 1. The van der Waals surface area contributed by atoms with Crippen molar-refractivity contribution < 1.29 is 19.4 Å². The number of carboxylic acid groups (broad SMARTS) is 1. The highest BCUT2D eigenvalue weighted by molar-refractivity contribution is 7.10. The highest BCUT2D eigenvalue weighted by Crippen LogP contribution is 2.35. The highest BCUT2D eigenvalue weighted by atomic mass is 35.5. The molecule has 2 N–H and O–H groups in total. The van der Waals surface area contributed by atoms with Gasteiger partial charge in [0, 0.05) is 22.8 Å². The number of halogens is 1. The van der Waals surface area contributed by atoms with Gasteiger partial charge in [0.15, 0.2) is 11.5 Å². The van der Waals surface area contributed by atoms with Gasteiger partial charge >= 0.3 is 5.97 Å². The minimum absolute atomic E-state index is 0.0151. The van der Waals surface area contributed by atoms with Crippen LogP contribution >= 0.6 is 22.9 Å². The van der Waals surface area contributed by atoms with Gasteiger partial charge in [-0.15, -0.1) is 11.3 Å². The maximum absolute atomic E-state index is 11.1. The smallest absolute Gasteiger partial charge is 0.305 e. The molecule has 0 spiro atoms. The van der Waals surface area contributed by atoms with Crippen molar-refractivity contribution in [2.75, 3.05) is 6.79 Å². The number of benzene rings is 1. The second-order valence-electron chi connectivity index (χ2n) is 4.88. The van der Waals surface area contributed by atoms with E-state index in [1.165, 1.54) is 11.3 Å². The molecular weight excluding hydrogens is 326 g/mol. The van der Waals surface area contributed by atoms with E-state index in [1.54, 1.807) is 6.07 Å². The van der Waals surface area contributed by atoms with Gasteiger partial charge < -0.3 is 19.9 Å². The number of nitrogens with one attached hydrogen (secondary N) is 1. The molecule has 1 aliphatic rings. The van der Waals surface area contributed by atoms with Gasteiger partial charge in [0.2, 0.25) is 6.79 Å². The van der Waals surface area contributed by atoms with Crippen molar-refractivity contribution in [2.24, 2.45) is 0 Å². The molecule has 0 radical (unpaired) electrons. The standard InChI is InChI=1S/C15H14ClNO4S/c16-10-4-11(22-7-10)6-17-12(5-15(18)19)9-1-2-13-14(3-9)21-8-20-13/h1-4,7,12,17H,5-6,8H2,(H,18,19)/t12-/m0/s1. The molecule has 2 aromatic rings. The van der Waals surface area contributed by atoms with Crippen LogP contribution in [0.15, 0.2) is 29.6 Å². The fraction of sp³-hybridized carbons (Fsp3) is 0.267. The molecule has 1 atom stereocenters. The average molecular weight is 340 g/mol. The maximum Gasteiger partial charge on any atom is 0.305 e. The van der Waals surface area contributed by atoms with Crippen LogP contribution in [0, 0.1) is 0 Å². The van der Waals surface area contributed by atoms with Crippen LogP contribution in [0.5, 0.6) is 11.5 Å². The van der Waals surface area contributed by atoms with E-state index in [1.807, 2.05) is 23.6 Å². The van der Waals surface area contributed by atoms with Crippen LogP contribution in [-0.4, -0.2) is 17.9 Å². The Hall–Kier alpha value is -1.76. The summed E-state index contributed by atoms with van der Waals surface area (Å²) in [7, 11) is 0. The number of fused-ring (bicyclic) bond motifs is 1. The van der Waals surface area contributed by atoms with Crippen LogP contribution in [0.3, 0.4) is 0 Å². The fourth-order valence-electron chi connectivity index (χ4n) is 2.28. The minimum Gasteiger partial charge on any atom is -0.481 e. The lowest BCUT2D eigenvalue weighted by molar-refractivity contribution is -0.137. The number of hydrogen-bond acceptors (Lipinski definition) is 5. The molecule has 2 heterocycles. The number of thiophene rings is 1. The molecule has 1 aromatic carbocycles. The Morgan fingerprint density at radius 1 is 1.36 bits per heavy atom. The molecule has 5 nitrogen and oxygen atoms in total. The molecule has 0 bridgehead atoms. The Kier molecular flexibility index (Phi) is 4.52. The summed E-state index contributed by atoms with van der Waals surface area (Å²) in [4.78, 5) is 12.2. The third kappa shape index (κ3) is 3.52. The number of ether oxygens (including phenoxy) is 2. The lowest BCUT2D eigenvalue weighted by Crippen LogP contribution is -2.23. The third-order valence-corrected chi connectivity index (χ3v) is 4.61. The monoisotopic (exact) mass is 339 g/mol. The van der Waals surface area contributed by atoms with Gasteiger partial charge in [0.1, 0.15) is 0 Å². The molecule has 0 saturated carbocycles. The molecule has 0 fully saturated rings. The van der Waals surface area contributed by atoms with Gasteiger partial charge in [0.25, 0.3) is 0 Å². The first-order valence-corrected chi connectivity index (χ1v) is 7.95. The number of carbonyl (C=O) groups is 1. The van der Waals surface area contributed by atoms with Gasteiger partial charge in [-0.25, -0.2) is 0 Å². The Morgan fingerprint density at radius 3 is 2.91 bits per heavy atom. The van der Waals surface area contributed by atoms with E-state index in [0.29, 0.717) is 23.1 Å². The molecule has 3 rings (SSSR count). The summed E-state index contributed by atoms with van der Waals surface area (Å²) in [5, 5.41) is 14.9. The molecule has 7 heteroatoms. The molecule has 0 saturated heterocycles. The molecule has 116 valence electrons. The van der Waals surface area contributed by atoms with Crippen molar-refractivity contribution in [3.8, 4) is 11.5 Å². The fourth-order valence-corrected chi connectivity index (χ4v) is 3.31. The van der Waals surface area contributed by atoms with Crippen molar-refractivity contribution in [1.29, 1.82) is 0 Å². The van der Waals surface area contributed by atoms with E-state index in [2.05, 4.69) is 5.32 Å². The van der Waals surface area contributed by atoms with Gasteiger partial charge in [-0.1, -0.05) is 17.7 Å². The first-order valence-electron chi connectivity index (χ1n) is 6.69. The summed E-state index contributed by atoms with van der Waals surface area (Å²) in [6, 6.07) is 7.04. The number of carboxylic acids is 1. The van der Waals surface area contributed by atoms with Gasteiger partial charge in [-0.2, -0.15) is 0 Å². The Morgan fingerprint density at radius 2 is 2.18 bits per heavy atom. The van der Waals surface area contributed by atoms with Crippen molar-refractivity contribution >= 4 is 28.9 Å². The lowest BCUT2D eigenvalue weighted by atomic mass is 10.0. The van der Waals surface area contributed by atoms with Gasteiger partial charge in [-0.05, 0) is 23.8 Å². The summed E-state index contributed by atoms with van der Waals surface area (Å²) in [5.41, 5.74) is 0.856. The zero-order valence-corrected chi connectivity index (χ0v) is 13.1. The first kappa shape index (κ1) is 15.1. The van der Waals surface area contributed by atoms with Crippen LogP contribution in [0.4, 0.5) is 0 Å². The molecule has 0 amide bonds. The van der Waals surface area contributed by atoms with Gasteiger partial charge in [-0.3, -0.25) is 4.79 Å². The van der Waals surface area contributed by atoms with Crippen LogP contribution in [0.25, 0.3) is 0 Å². The largest absolute Gasteiger partial charge is 0.481 e. The van der Waals surface area contributed by atoms with E-state index in [0.717, 1.165) is 10.4 Å². The summed E-state index contributed by atoms with van der Waals surface area (Å²) < 4.78 is 10.6. The highest BCUT2D eigenvalue weighted by Gasteiger charge is 2.20. The number of rotatable bonds is 6. The van der Waals surface area contributed by atoms with E-state index >= 15 is 0 Å². The van der Waals surface area contributed by atoms with Crippen molar-refractivity contribution in [3.63, 3.8) is 0 Å². The van der Waals surface area contributed by atoms with E-state index < -0.39 is 5.97 Å².